The number of nitrogens with zero attached hydrogens (tertiary/aromatic N) is 2. The van der Waals surface area contributed by atoms with E-state index in [2.05, 4.69) is 0 Å². The maximum absolute atomic E-state index is 11.5. The smallest absolute Gasteiger partial charge is 0.409 e. The minimum absolute atomic E-state index is 0.0704. The zero-order valence-electron chi connectivity index (χ0n) is 9.90. The molecular weight excluding hydrogens is 196 g/mol. The molecule has 0 aliphatic rings. The summed E-state index contributed by atoms with van der Waals surface area (Å²) in [6.07, 6.45) is 0.564. The average Bonchev–Trinajstić information content (AvgIpc) is 2.20. The summed E-state index contributed by atoms with van der Waals surface area (Å²) in [4.78, 5) is 15.2. The molecule has 0 spiro atoms. The van der Waals surface area contributed by atoms with Crippen molar-refractivity contribution in [3.05, 3.63) is 0 Å². The number of amides is 1. The number of rotatable bonds is 7. The lowest BCUT2D eigenvalue weighted by Gasteiger charge is -2.23. The Balaban J connectivity index is 3.94. The number of hydrogen-bond donors (Lipinski definition) is 1. The first-order valence-corrected chi connectivity index (χ1v) is 5.29. The molecule has 0 aromatic heterocycles. The predicted octanol–water partition coefficient (Wildman–Crippen LogP) is 0.389. The Bertz CT molecular complexity index is 174. The van der Waals surface area contributed by atoms with Crippen molar-refractivity contribution in [2.45, 2.75) is 13.3 Å². The molecule has 0 heterocycles. The van der Waals surface area contributed by atoms with E-state index in [0.717, 1.165) is 13.0 Å². The summed E-state index contributed by atoms with van der Waals surface area (Å²) in [5.41, 5.74) is 0. The van der Waals surface area contributed by atoms with E-state index in [-0.39, 0.29) is 19.3 Å². The van der Waals surface area contributed by atoms with Crippen LogP contribution < -0.4 is 0 Å². The normalized spacial score (nSPS) is 10.5. The summed E-state index contributed by atoms with van der Waals surface area (Å²) in [7, 11) is 3.92. The fourth-order valence-electron chi connectivity index (χ4n) is 1.11. The van der Waals surface area contributed by atoms with E-state index in [1.165, 1.54) is 0 Å². The van der Waals surface area contributed by atoms with Gasteiger partial charge in [-0.15, -0.1) is 0 Å². The van der Waals surface area contributed by atoms with Crippen molar-refractivity contribution in [2.75, 3.05) is 46.9 Å². The van der Waals surface area contributed by atoms with Crippen molar-refractivity contribution >= 4 is 6.09 Å². The monoisotopic (exact) mass is 218 g/mol. The first-order valence-electron chi connectivity index (χ1n) is 5.29. The lowest BCUT2D eigenvalue weighted by molar-refractivity contribution is 0.0822. The fraction of sp³-hybridized carbons (Fsp3) is 0.900. The van der Waals surface area contributed by atoms with Gasteiger partial charge in [0.25, 0.3) is 0 Å². The molecule has 0 fully saturated rings. The van der Waals surface area contributed by atoms with E-state index in [1.54, 1.807) is 4.90 Å². The molecule has 0 aromatic rings. The second-order valence-corrected chi connectivity index (χ2v) is 3.63. The molecule has 0 aliphatic heterocycles. The van der Waals surface area contributed by atoms with Crippen molar-refractivity contribution < 1.29 is 14.6 Å². The number of hydrogen-bond acceptors (Lipinski definition) is 4. The molecule has 5 nitrogen and oxygen atoms in total. The van der Waals surface area contributed by atoms with Crippen LogP contribution in [0.3, 0.4) is 0 Å². The first-order chi connectivity index (χ1) is 7.11. The fourth-order valence-corrected chi connectivity index (χ4v) is 1.11. The van der Waals surface area contributed by atoms with Gasteiger partial charge in [-0.1, -0.05) is 6.92 Å². The second kappa shape index (κ2) is 8.49. The molecule has 1 amide bonds. The van der Waals surface area contributed by atoms with Gasteiger partial charge < -0.3 is 19.6 Å². The van der Waals surface area contributed by atoms with Crippen LogP contribution in [0.15, 0.2) is 0 Å². The van der Waals surface area contributed by atoms with Gasteiger partial charge in [-0.05, 0) is 20.5 Å². The van der Waals surface area contributed by atoms with Gasteiger partial charge in [0.2, 0.25) is 0 Å². The highest BCUT2D eigenvalue weighted by molar-refractivity contribution is 5.67. The molecule has 0 aliphatic carbocycles. The van der Waals surface area contributed by atoms with E-state index in [4.69, 9.17) is 9.84 Å². The van der Waals surface area contributed by atoms with Crippen molar-refractivity contribution in [3.8, 4) is 0 Å². The van der Waals surface area contributed by atoms with Gasteiger partial charge in [-0.2, -0.15) is 0 Å². The van der Waals surface area contributed by atoms with Crippen molar-refractivity contribution in [1.29, 1.82) is 0 Å². The molecule has 0 bridgehead atoms. The Morgan fingerprint density at radius 1 is 1.27 bits per heavy atom. The van der Waals surface area contributed by atoms with E-state index >= 15 is 0 Å². The van der Waals surface area contributed by atoms with E-state index < -0.39 is 0 Å². The topological polar surface area (TPSA) is 53.0 Å². The summed E-state index contributed by atoms with van der Waals surface area (Å²) < 4.78 is 4.86. The number of ether oxygens (including phenoxy) is 1. The molecule has 0 saturated carbocycles. The molecule has 0 rings (SSSR count). The number of carbonyl (C=O) groups is 1. The van der Waals surface area contributed by atoms with Crippen LogP contribution in [0, 0.1) is 0 Å². The van der Waals surface area contributed by atoms with Crippen LogP contribution in [0.1, 0.15) is 13.3 Å². The van der Waals surface area contributed by atoms with Crippen LogP contribution in [0.25, 0.3) is 0 Å². The van der Waals surface area contributed by atoms with E-state index in [1.807, 2.05) is 25.9 Å². The highest BCUT2D eigenvalue weighted by atomic mass is 16.6. The van der Waals surface area contributed by atoms with Gasteiger partial charge in [0, 0.05) is 19.6 Å². The lowest BCUT2D eigenvalue weighted by Crippen LogP contribution is -2.37. The SMILES string of the molecule is CCCN(CCN(C)C)C(=O)OCCO. The number of carbonyl (C=O) groups excluding carboxylic acids is 1. The van der Waals surface area contributed by atoms with Crippen molar-refractivity contribution in [2.24, 2.45) is 0 Å². The number of likely N-dealkylation sites (N-methyl/N-ethyl adjacent to an activating group) is 1. The van der Waals surface area contributed by atoms with Gasteiger partial charge in [0.15, 0.2) is 0 Å². The Morgan fingerprint density at radius 3 is 2.40 bits per heavy atom. The third-order valence-corrected chi connectivity index (χ3v) is 1.89. The van der Waals surface area contributed by atoms with Gasteiger partial charge in [-0.25, -0.2) is 4.79 Å². The Kier molecular flexibility index (Phi) is 8.04. The lowest BCUT2D eigenvalue weighted by atomic mass is 10.4. The van der Waals surface area contributed by atoms with Crippen molar-refractivity contribution in [3.63, 3.8) is 0 Å². The molecule has 0 unspecified atom stereocenters. The maximum atomic E-state index is 11.5. The molecule has 0 saturated heterocycles. The molecule has 0 radical (unpaired) electrons. The zero-order valence-corrected chi connectivity index (χ0v) is 9.90. The summed E-state index contributed by atoms with van der Waals surface area (Å²) in [5, 5.41) is 8.54. The highest BCUT2D eigenvalue weighted by Crippen LogP contribution is 1.96. The largest absolute Gasteiger partial charge is 0.447 e. The Morgan fingerprint density at radius 2 is 1.93 bits per heavy atom. The average molecular weight is 218 g/mol. The maximum Gasteiger partial charge on any atom is 0.409 e. The van der Waals surface area contributed by atoms with Crippen LogP contribution in [0.2, 0.25) is 0 Å². The van der Waals surface area contributed by atoms with Gasteiger partial charge in [0.05, 0.1) is 6.61 Å². The number of aliphatic hydroxyl groups excluding tert-OH is 1. The third kappa shape index (κ3) is 7.16. The summed E-state index contributed by atoms with van der Waals surface area (Å²) in [6.45, 7) is 4.12. The van der Waals surface area contributed by atoms with Gasteiger partial charge in [-0.3, -0.25) is 0 Å². The van der Waals surface area contributed by atoms with Crippen LogP contribution in [0.5, 0.6) is 0 Å². The zero-order chi connectivity index (χ0) is 11.7. The van der Waals surface area contributed by atoms with E-state index in [0.29, 0.717) is 13.1 Å². The molecule has 90 valence electrons. The standard InChI is InChI=1S/C10H22N2O3/c1-4-5-12(7-6-11(2)3)10(14)15-9-8-13/h13H,4-9H2,1-3H3. The highest BCUT2D eigenvalue weighted by Gasteiger charge is 2.13. The van der Waals surface area contributed by atoms with Crippen LogP contribution in [-0.4, -0.2) is 67.9 Å². The molecule has 0 atom stereocenters. The second-order valence-electron chi connectivity index (χ2n) is 3.63. The van der Waals surface area contributed by atoms with Gasteiger partial charge >= 0.3 is 6.09 Å². The van der Waals surface area contributed by atoms with Crippen LogP contribution in [0.4, 0.5) is 4.79 Å². The third-order valence-electron chi connectivity index (χ3n) is 1.89. The Labute approximate surface area is 91.6 Å². The molecule has 15 heavy (non-hydrogen) atoms. The quantitative estimate of drug-likeness (QED) is 0.671. The molecule has 5 heteroatoms. The minimum atomic E-state index is -0.340. The Hall–Kier alpha value is -0.810. The van der Waals surface area contributed by atoms with Crippen LogP contribution in [-0.2, 0) is 4.74 Å². The van der Waals surface area contributed by atoms with Crippen LogP contribution >= 0.6 is 0 Å². The molecular formula is C10H22N2O3. The minimum Gasteiger partial charge on any atom is -0.447 e. The van der Waals surface area contributed by atoms with Crippen molar-refractivity contribution in [1.82, 2.24) is 9.80 Å². The summed E-state index contributed by atoms with van der Waals surface area (Å²) in [5.74, 6) is 0. The summed E-state index contributed by atoms with van der Waals surface area (Å²) in [6, 6.07) is 0. The first kappa shape index (κ1) is 14.2. The predicted molar refractivity (Wildman–Crippen MR) is 58.9 cm³/mol. The summed E-state index contributed by atoms with van der Waals surface area (Å²) >= 11 is 0. The number of aliphatic hydroxyl groups is 1. The molecule has 0 aromatic carbocycles. The van der Waals surface area contributed by atoms with E-state index in [9.17, 15) is 4.79 Å². The van der Waals surface area contributed by atoms with Gasteiger partial charge in [0.1, 0.15) is 6.61 Å². The molecule has 1 N–H and O–H groups in total.